The second-order valence-electron chi connectivity index (χ2n) is 12.9. The molecule has 4 heterocycles. The van der Waals surface area contributed by atoms with Crippen molar-refractivity contribution in [2.24, 2.45) is 0 Å². The molecular weight excluding hydrogens is 716 g/mol. The van der Waals surface area contributed by atoms with Gasteiger partial charge in [0.05, 0.1) is 19.3 Å². The Kier molecular flexibility index (Phi) is 11.5. The molecule has 3 saturated heterocycles. The van der Waals surface area contributed by atoms with Crippen molar-refractivity contribution in [3.8, 4) is 34.3 Å². The maximum Gasteiger partial charge on any atom is 0.239 e. The van der Waals surface area contributed by atoms with Crippen LogP contribution in [0, 0.1) is 0 Å². The molecule has 53 heavy (non-hydrogen) atoms. The number of phenolic OH excluding ortho intramolecular Hbond substituents is 3. The van der Waals surface area contributed by atoms with Crippen molar-refractivity contribution in [3.05, 3.63) is 46.6 Å². The Morgan fingerprint density at radius 2 is 1.30 bits per heavy atom. The van der Waals surface area contributed by atoms with Gasteiger partial charge >= 0.3 is 0 Å². The Hall–Kier alpha value is -3.71. The molecule has 20 heteroatoms. The van der Waals surface area contributed by atoms with Crippen molar-refractivity contribution in [2.75, 3.05) is 13.2 Å². The average Bonchev–Trinajstić information content (AvgIpc) is 3.12. The van der Waals surface area contributed by atoms with Crippen molar-refractivity contribution in [1.29, 1.82) is 0 Å². The smallest absolute Gasteiger partial charge is 0.239 e. The van der Waals surface area contributed by atoms with Gasteiger partial charge in [-0.05, 0) is 31.2 Å². The highest BCUT2D eigenvalue weighted by molar-refractivity contribution is 5.88. The third-order valence-corrected chi connectivity index (χ3v) is 9.30. The summed E-state index contributed by atoms with van der Waals surface area (Å²) >= 11 is 0. The monoisotopic (exact) mass is 756 g/mol. The molecule has 3 fully saturated rings. The maximum absolute atomic E-state index is 14.0. The van der Waals surface area contributed by atoms with Crippen LogP contribution in [0.4, 0.5) is 0 Å². The van der Waals surface area contributed by atoms with E-state index in [1.54, 1.807) is 0 Å². The summed E-state index contributed by atoms with van der Waals surface area (Å²) in [4.78, 5) is 14.0. The van der Waals surface area contributed by atoms with E-state index >= 15 is 0 Å². The third kappa shape index (κ3) is 7.52. The minimum atomic E-state index is -2.04. The van der Waals surface area contributed by atoms with E-state index < -0.39 is 133 Å². The summed E-state index contributed by atoms with van der Waals surface area (Å²) in [5.41, 5.74) is -1.21. The summed E-state index contributed by atoms with van der Waals surface area (Å²) < 4.78 is 40.0. The second kappa shape index (κ2) is 15.6. The lowest BCUT2D eigenvalue weighted by Gasteiger charge is -2.46. The van der Waals surface area contributed by atoms with Gasteiger partial charge in [0.15, 0.2) is 24.4 Å². The molecule has 20 nitrogen and oxygen atoms in total. The Bertz CT molecular complexity index is 1780. The molecule has 0 spiro atoms. The van der Waals surface area contributed by atoms with E-state index in [1.807, 2.05) is 0 Å². The van der Waals surface area contributed by atoms with Gasteiger partial charge in [0.1, 0.15) is 89.3 Å². The minimum Gasteiger partial charge on any atom is -0.508 e. The third-order valence-electron chi connectivity index (χ3n) is 9.30. The summed E-state index contributed by atoms with van der Waals surface area (Å²) in [6, 6.07) is 7.08. The van der Waals surface area contributed by atoms with E-state index in [2.05, 4.69) is 0 Å². The van der Waals surface area contributed by atoms with E-state index in [0.29, 0.717) is 0 Å². The van der Waals surface area contributed by atoms with E-state index in [1.165, 1.54) is 31.2 Å². The highest BCUT2D eigenvalue weighted by Gasteiger charge is 2.52. The first-order chi connectivity index (χ1) is 25.1. The Morgan fingerprint density at radius 1 is 0.679 bits per heavy atom. The summed E-state index contributed by atoms with van der Waals surface area (Å²) in [5, 5.41) is 124. The number of aromatic hydroxyl groups is 3. The fourth-order valence-corrected chi connectivity index (χ4v) is 6.25. The zero-order valence-electron chi connectivity index (χ0n) is 27.7. The number of ether oxygens (including phenoxy) is 6. The van der Waals surface area contributed by atoms with Crippen LogP contribution in [0.15, 0.2) is 45.6 Å². The zero-order chi connectivity index (χ0) is 38.5. The second-order valence-corrected chi connectivity index (χ2v) is 12.9. The first-order valence-corrected chi connectivity index (χ1v) is 16.4. The molecule has 3 aliphatic heterocycles. The van der Waals surface area contributed by atoms with Crippen molar-refractivity contribution in [3.63, 3.8) is 0 Å². The summed E-state index contributed by atoms with van der Waals surface area (Å²) in [7, 11) is 0. The molecule has 3 aromatic rings. The number of aliphatic hydroxyl groups excluding tert-OH is 9. The molecule has 0 bridgehead atoms. The van der Waals surface area contributed by atoms with E-state index in [4.69, 9.17) is 32.8 Å². The topological polar surface area (TPSA) is 328 Å². The SMILES string of the molecule is CC1OC(OC2C(Oc3c(-c4ccc(O)cc4)oc4cc(O)cc(O)c4c3=O)OC(COC3OC(CO)C(O)C(O)C3O)C(O)C2O)C(O)C(O)C1O. The fraction of sp³-hybridized carbons (Fsp3) is 0.545. The molecule has 3 aliphatic rings. The highest BCUT2D eigenvalue weighted by Crippen LogP contribution is 2.38. The summed E-state index contributed by atoms with van der Waals surface area (Å²) in [6.07, 6.45) is -26.0. The first-order valence-electron chi connectivity index (χ1n) is 16.4. The molecule has 0 aliphatic carbocycles. The van der Waals surface area contributed by atoms with Crippen LogP contribution in [-0.4, -0.2) is 167 Å². The average molecular weight is 757 g/mol. The van der Waals surface area contributed by atoms with Crippen LogP contribution in [0.5, 0.6) is 23.0 Å². The van der Waals surface area contributed by atoms with Crippen LogP contribution in [0.25, 0.3) is 22.3 Å². The van der Waals surface area contributed by atoms with Gasteiger partial charge in [-0.1, -0.05) is 0 Å². The van der Waals surface area contributed by atoms with Crippen LogP contribution >= 0.6 is 0 Å². The molecule has 15 unspecified atom stereocenters. The minimum absolute atomic E-state index is 0.118. The molecule has 292 valence electrons. The molecule has 2 aromatic carbocycles. The Labute approximate surface area is 298 Å². The predicted molar refractivity (Wildman–Crippen MR) is 171 cm³/mol. The van der Waals surface area contributed by atoms with Crippen LogP contribution < -0.4 is 10.2 Å². The lowest BCUT2D eigenvalue weighted by Crippen LogP contribution is -2.65. The standard InChI is InChI=1S/C33H40O20/c1-10-19(38)23(42)27(46)32(48-10)53-30-25(44)21(40)17(9-47-31-26(45)24(43)20(39)16(8-34)50-31)51-33(30)52-29-22(41)18-14(37)6-13(36)7-15(18)49-28(29)11-2-4-12(35)5-3-11/h2-7,10,16-17,19-21,23-27,30-40,42-46H,8-9H2,1H3. The van der Waals surface area contributed by atoms with Crippen LogP contribution in [-0.2, 0) is 23.7 Å². The molecule has 0 radical (unpaired) electrons. The number of aliphatic hydroxyl groups is 9. The van der Waals surface area contributed by atoms with Gasteiger partial charge in [-0.2, -0.15) is 0 Å². The molecule has 1 aromatic heterocycles. The number of rotatable bonds is 9. The number of hydrogen-bond acceptors (Lipinski definition) is 20. The number of hydrogen-bond donors (Lipinski definition) is 12. The van der Waals surface area contributed by atoms with Crippen molar-refractivity contribution < 1.29 is 94.1 Å². The van der Waals surface area contributed by atoms with Gasteiger partial charge in [0.25, 0.3) is 0 Å². The normalized spacial score (nSPS) is 37.8. The van der Waals surface area contributed by atoms with E-state index in [-0.39, 0.29) is 22.7 Å². The molecule has 12 N–H and O–H groups in total. The molecule has 0 amide bonds. The summed E-state index contributed by atoms with van der Waals surface area (Å²) in [6.45, 7) is -0.157. The van der Waals surface area contributed by atoms with Crippen molar-refractivity contribution in [2.45, 2.75) is 99.0 Å². The fourth-order valence-electron chi connectivity index (χ4n) is 6.25. The predicted octanol–water partition coefficient (Wildman–Crippen LogP) is -3.57. The van der Waals surface area contributed by atoms with Crippen molar-refractivity contribution in [1.82, 2.24) is 0 Å². The Morgan fingerprint density at radius 3 is 1.98 bits per heavy atom. The molecular formula is C33H40O20. The lowest BCUT2D eigenvalue weighted by molar-refractivity contribution is -0.360. The van der Waals surface area contributed by atoms with E-state index in [0.717, 1.165) is 12.1 Å². The number of fused-ring (bicyclic) bond motifs is 1. The maximum atomic E-state index is 14.0. The summed E-state index contributed by atoms with van der Waals surface area (Å²) in [5.74, 6) is -2.36. The quantitative estimate of drug-likeness (QED) is 0.100. The van der Waals surface area contributed by atoms with Gasteiger partial charge in [-0.3, -0.25) is 4.79 Å². The molecule has 15 atom stereocenters. The van der Waals surface area contributed by atoms with Gasteiger partial charge < -0.3 is 94.1 Å². The first kappa shape index (κ1) is 39.0. The molecule has 0 saturated carbocycles. The van der Waals surface area contributed by atoms with E-state index in [9.17, 15) is 66.1 Å². The van der Waals surface area contributed by atoms with Gasteiger partial charge in [0.2, 0.25) is 17.5 Å². The Balaban J connectivity index is 1.38. The molecule has 6 rings (SSSR count). The van der Waals surface area contributed by atoms with Crippen LogP contribution in [0.1, 0.15) is 6.92 Å². The lowest BCUT2D eigenvalue weighted by atomic mass is 9.97. The van der Waals surface area contributed by atoms with Crippen LogP contribution in [0.2, 0.25) is 0 Å². The number of benzene rings is 2. The van der Waals surface area contributed by atoms with Gasteiger partial charge in [-0.25, -0.2) is 0 Å². The zero-order valence-corrected chi connectivity index (χ0v) is 27.7. The van der Waals surface area contributed by atoms with Crippen molar-refractivity contribution >= 4 is 11.0 Å². The van der Waals surface area contributed by atoms with Crippen LogP contribution in [0.3, 0.4) is 0 Å². The largest absolute Gasteiger partial charge is 0.508 e. The van der Waals surface area contributed by atoms with Gasteiger partial charge in [-0.15, -0.1) is 0 Å². The highest BCUT2D eigenvalue weighted by atomic mass is 16.8. The number of phenols is 3. The van der Waals surface area contributed by atoms with Gasteiger partial charge in [0, 0.05) is 17.7 Å².